The maximum absolute atomic E-state index is 13.1. The molecule has 0 atom stereocenters. The van der Waals surface area contributed by atoms with Crippen LogP contribution in [0.25, 0.3) is 32.3 Å². The van der Waals surface area contributed by atoms with Gasteiger partial charge in [-0.2, -0.15) is 43.2 Å². The van der Waals surface area contributed by atoms with E-state index in [0.717, 1.165) is 6.07 Å². The number of benzene rings is 4. The predicted molar refractivity (Wildman–Crippen MR) is 110 cm³/mol. The van der Waals surface area contributed by atoms with E-state index in [1.54, 1.807) is 36.4 Å². The van der Waals surface area contributed by atoms with Gasteiger partial charge < -0.3 is 8.37 Å². The third-order valence-corrected chi connectivity index (χ3v) is 6.70. The Morgan fingerprint density at radius 2 is 0.912 bits per heavy atom. The van der Waals surface area contributed by atoms with Crippen LogP contribution in [0.3, 0.4) is 0 Å². The van der Waals surface area contributed by atoms with Crippen molar-refractivity contribution < 1.29 is 51.5 Å². The Balaban J connectivity index is 2.18. The minimum absolute atomic E-state index is 0.0819. The van der Waals surface area contributed by atoms with E-state index < -0.39 is 48.1 Å². The van der Waals surface area contributed by atoms with Crippen molar-refractivity contribution in [1.82, 2.24) is 0 Å². The van der Waals surface area contributed by atoms with Gasteiger partial charge in [0.2, 0.25) is 0 Å². The minimum Gasteiger partial charge on any atom is -0.372 e. The van der Waals surface area contributed by atoms with Gasteiger partial charge in [0, 0.05) is 5.39 Å². The third kappa shape index (κ3) is 3.86. The van der Waals surface area contributed by atoms with Crippen LogP contribution in [0.2, 0.25) is 0 Å². The van der Waals surface area contributed by atoms with Crippen molar-refractivity contribution >= 4 is 52.6 Å². The van der Waals surface area contributed by atoms with Crippen molar-refractivity contribution in [3.63, 3.8) is 0 Å². The molecule has 0 heterocycles. The average molecular weight is 524 g/mol. The van der Waals surface area contributed by atoms with Crippen molar-refractivity contribution in [2.75, 3.05) is 0 Å². The molecule has 6 nitrogen and oxygen atoms in total. The molecule has 0 saturated heterocycles. The highest BCUT2D eigenvalue weighted by atomic mass is 32.2. The second-order valence-electron chi connectivity index (χ2n) is 6.87. The van der Waals surface area contributed by atoms with Crippen LogP contribution >= 0.6 is 0 Å². The predicted octanol–water partition coefficient (Wildman–Crippen LogP) is 5.60. The largest absolute Gasteiger partial charge is 0.534 e. The van der Waals surface area contributed by atoms with Gasteiger partial charge in [0.1, 0.15) is 0 Å². The molecular formula is C20H10F6O6S2. The molecule has 14 heteroatoms. The van der Waals surface area contributed by atoms with Crippen LogP contribution in [-0.2, 0) is 20.2 Å². The van der Waals surface area contributed by atoms with Gasteiger partial charge in [0.25, 0.3) is 0 Å². The van der Waals surface area contributed by atoms with Crippen molar-refractivity contribution in [3.05, 3.63) is 60.7 Å². The molecule has 0 amide bonds. The number of hydrogen-bond acceptors (Lipinski definition) is 6. The lowest BCUT2D eigenvalue weighted by Crippen LogP contribution is -2.30. The van der Waals surface area contributed by atoms with Crippen LogP contribution in [-0.4, -0.2) is 27.9 Å². The van der Waals surface area contributed by atoms with E-state index in [1.165, 1.54) is 12.1 Å². The van der Waals surface area contributed by atoms with E-state index >= 15 is 0 Å². The summed E-state index contributed by atoms with van der Waals surface area (Å²) in [5.74, 6) is -2.75. The molecule has 0 aromatic heterocycles. The van der Waals surface area contributed by atoms with Crippen LogP contribution in [0.5, 0.6) is 11.5 Å². The number of alkyl halides is 6. The van der Waals surface area contributed by atoms with Gasteiger partial charge in [-0.05, 0) is 39.1 Å². The maximum atomic E-state index is 13.1. The highest BCUT2D eigenvalue weighted by molar-refractivity contribution is 7.88. The topological polar surface area (TPSA) is 86.7 Å². The Kier molecular flexibility index (Phi) is 5.36. The summed E-state index contributed by atoms with van der Waals surface area (Å²) in [6.45, 7) is 0. The zero-order valence-electron chi connectivity index (χ0n) is 16.3. The fourth-order valence-electron chi connectivity index (χ4n) is 3.41. The van der Waals surface area contributed by atoms with E-state index in [9.17, 15) is 43.2 Å². The van der Waals surface area contributed by atoms with Crippen LogP contribution in [0, 0.1) is 0 Å². The summed E-state index contributed by atoms with van der Waals surface area (Å²) >= 11 is 0. The standard InChI is InChI=1S/C20H10F6O6S2/c21-19(22,23)33(27,28)31-16-10-9-15-13-7-2-1-5-11(13)12-6-3-4-8-14(12)17(15)18(16)32-34(29,30)20(24,25)26/h1-10H. The first-order chi connectivity index (χ1) is 15.6. The summed E-state index contributed by atoms with van der Waals surface area (Å²) in [6, 6.07) is 14.1. The van der Waals surface area contributed by atoms with E-state index in [1.807, 2.05) is 0 Å². The van der Waals surface area contributed by atoms with Gasteiger partial charge in [0.15, 0.2) is 11.5 Å². The highest BCUT2D eigenvalue weighted by Crippen LogP contribution is 2.46. The molecule has 4 aromatic rings. The lowest BCUT2D eigenvalue weighted by Gasteiger charge is -2.18. The summed E-state index contributed by atoms with van der Waals surface area (Å²) in [4.78, 5) is 0. The highest BCUT2D eigenvalue weighted by Gasteiger charge is 2.51. The van der Waals surface area contributed by atoms with Crippen molar-refractivity contribution in [2.45, 2.75) is 11.0 Å². The smallest absolute Gasteiger partial charge is 0.372 e. The first kappa shape index (κ1) is 23.9. The summed E-state index contributed by atoms with van der Waals surface area (Å²) in [6.07, 6.45) is 0. The Morgan fingerprint density at radius 3 is 1.38 bits per heavy atom. The van der Waals surface area contributed by atoms with Crippen LogP contribution in [0.1, 0.15) is 0 Å². The van der Waals surface area contributed by atoms with Gasteiger partial charge in [-0.15, -0.1) is 0 Å². The molecule has 0 radical (unpaired) electrons. The van der Waals surface area contributed by atoms with Crippen LogP contribution in [0.15, 0.2) is 60.7 Å². The molecule has 0 N–H and O–H groups in total. The summed E-state index contributed by atoms with van der Waals surface area (Å²) in [7, 11) is -12.8. The SMILES string of the molecule is O=S(=O)(Oc1ccc2c3ccccc3c3ccccc3c2c1OS(=O)(=O)C(F)(F)F)C(F)(F)F. The van der Waals surface area contributed by atoms with Gasteiger partial charge in [0.05, 0.1) is 0 Å². The minimum atomic E-state index is -6.43. The van der Waals surface area contributed by atoms with Crippen LogP contribution in [0.4, 0.5) is 26.3 Å². The van der Waals surface area contributed by atoms with Crippen molar-refractivity contribution in [1.29, 1.82) is 0 Å². The second kappa shape index (κ2) is 7.63. The summed E-state index contributed by atoms with van der Waals surface area (Å²) in [5.41, 5.74) is -11.9. The molecule has 0 bridgehead atoms. The van der Waals surface area contributed by atoms with Crippen molar-refractivity contribution in [3.8, 4) is 11.5 Å². The monoisotopic (exact) mass is 524 g/mol. The maximum Gasteiger partial charge on any atom is 0.534 e. The molecule has 0 fully saturated rings. The average Bonchev–Trinajstić information content (AvgIpc) is 2.73. The molecule has 0 aliphatic carbocycles. The lowest BCUT2D eigenvalue weighted by atomic mass is 9.94. The molecular weight excluding hydrogens is 514 g/mol. The third-order valence-electron chi connectivity index (χ3n) is 4.78. The Morgan fingerprint density at radius 1 is 0.529 bits per heavy atom. The number of fused-ring (bicyclic) bond motifs is 6. The Labute approximate surface area is 187 Å². The Hall–Kier alpha value is -3.26. The van der Waals surface area contributed by atoms with Gasteiger partial charge in [-0.1, -0.05) is 48.5 Å². The lowest BCUT2D eigenvalue weighted by molar-refractivity contribution is -0.0512. The molecule has 4 rings (SSSR count). The van der Waals surface area contributed by atoms with Gasteiger partial charge in [-0.3, -0.25) is 0 Å². The van der Waals surface area contributed by atoms with E-state index in [-0.39, 0.29) is 10.8 Å². The Bertz CT molecular complexity index is 1620. The fourth-order valence-corrected chi connectivity index (χ4v) is 4.36. The van der Waals surface area contributed by atoms with Gasteiger partial charge in [-0.25, -0.2) is 0 Å². The quantitative estimate of drug-likeness (QED) is 0.150. The molecule has 0 saturated carbocycles. The van der Waals surface area contributed by atoms with Gasteiger partial charge >= 0.3 is 31.3 Å². The van der Waals surface area contributed by atoms with Crippen molar-refractivity contribution in [2.24, 2.45) is 0 Å². The zero-order chi connectivity index (χ0) is 25.1. The molecule has 0 spiro atoms. The van der Waals surface area contributed by atoms with E-state index in [4.69, 9.17) is 0 Å². The zero-order valence-corrected chi connectivity index (χ0v) is 17.9. The summed E-state index contributed by atoms with van der Waals surface area (Å²) in [5, 5.41) is 1.13. The van der Waals surface area contributed by atoms with Crippen LogP contribution < -0.4 is 8.37 Å². The molecule has 4 aromatic carbocycles. The van der Waals surface area contributed by atoms with E-state index in [0.29, 0.717) is 22.2 Å². The molecule has 180 valence electrons. The van der Waals surface area contributed by atoms with E-state index in [2.05, 4.69) is 8.37 Å². The fraction of sp³-hybridized carbons (Fsp3) is 0.100. The molecule has 0 unspecified atom stereocenters. The first-order valence-corrected chi connectivity index (χ1v) is 11.8. The number of hydrogen-bond donors (Lipinski definition) is 0. The normalized spacial score (nSPS) is 13.5. The second-order valence-corrected chi connectivity index (χ2v) is 9.95. The molecule has 34 heavy (non-hydrogen) atoms. The number of rotatable bonds is 4. The molecule has 0 aliphatic rings. The molecule has 0 aliphatic heterocycles. The number of halogens is 6. The summed E-state index contributed by atoms with van der Waals surface area (Å²) < 4.78 is 133. The first-order valence-electron chi connectivity index (χ1n) is 9.02.